The zero-order valence-electron chi connectivity index (χ0n) is 7.36. The third kappa shape index (κ3) is 2.06. The van der Waals surface area contributed by atoms with Crippen molar-refractivity contribution in [1.29, 1.82) is 0 Å². The molecule has 1 aromatic heterocycles. The van der Waals surface area contributed by atoms with E-state index in [1.165, 1.54) is 0 Å². The maximum absolute atomic E-state index is 11.4. The number of epoxide rings is 1. The minimum absolute atomic E-state index is 0.0939. The van der Waals surface area contributed by atoms with E-state index in [9.17, 15) is 4.79 Å². The monoisotopic (exact) mass is 181 g/mol. The van der Waals surface area contributed by atoms with E-state index >= 15 is 0 Å². The van der Waals surface area contributed by atoms with Crippen molar-refractivity contribution < 1.29 is 9.53 Å². The van der Waals surface area contributed by atoms with E-state index in [2.05, 4.69) is 10.4 Å². The van der Waals surface area contributed by atoms with Gasteiger partial charge >= 0.3 is 0 Å². The van der Waals surface area contributed by atoms with Crippen LogP contribution in [0.5, 0.6) is 0 Å². The van der Waals surface area contributed by atoms with Crippen molar-refractivity contribution in [2.24, 2.45) is 7.05 Å². The molecule has 13 heavy (non-hydrogen) atoms. The molecule has 1 amide bonds. The second-order valence-corrected chi connectivity index (χ2v) is 3.07. The molecule has 5 heteroatoms. The number of ether oxygens (including phenoxy) is 1. The second-order valence-electron chi connectivity index (χ2n) is 3.07. The summed E-state index contributed by atoms with van der Waals surface area (Å²) >= 11 is 0. The molecule has 0 aromatic carbocycles. The van der Waals surface area contributed by atoms with Crippen LogP contribution in [-0.4, -0.2) is 34.9 Å². The van der Waals surface area contributed by atoms with E-state index in [4.69, 9.17) is 4.74 Å². The summed E-state index contributed by atoms with van der Waals surface area (Å²) in [6.45, 7) is 1.35. The number of aryl methyl sites for hydroxylation is 1. The van der Waals surface area contributed by atoms with Gasteiger partial charge in [0.15, 0.2) is 0 Å². The Labute approximate surface area is 75.7 Å². The van der Waals surface area contributed by atoms with Crippen LogP contribution in [0.4, 0.5) is 0 Å². The molecule has 70 valence electrons. The Kier molecular flexibility index (Phi) is 2.02. The largest absolute Gasteiger partial charge is 0.371 e. The standard InChI is InChI=1S/C8H11N3O2/c1-11-4-6(2-10-11)8(12)9-3-7-5-13-7/h2,4,7H,3,5H2,1H3,(H,9,12)/t7-/m1/s1. The summed E-state index contributed by atoms with van der Waals surface area (Å²) in [6, 6.07) is 0. The highest BCUT2D eigenvalue weighted by molar-refractivity contribution is 5.93. The number of amides is 1. The third-order valence-corrected chi connectivity index (χ3v) is 1.86. The summed E-state index contributed by atoms with van der Waals surface area (Å²) in [6.07, 6.45) is 3.45. The molecule has 0 aliphatic carbocycles. The first kappa shape index (κ1) is 8.25. The van der Waals surface area contributed by atoms with Crippen LogP contribution in [0.15, 0.2) is 12.4 Å². The molecule has 2 heterocycles. The molecule has 1 aromatic rings. The zero-order chi connectivity index (χ0) is 9.26. The van der Waals surface area contributed by atoms with Crippen LogP contribution in [0.25, 0.3) is 0 Å². The molecule has 0 unspecified atom stereocenters. The van der Waals surface area contributed by atoms with Gasteiger partial charge in [-0.25, -0.2) is 0 Å². The van der Waals surface area contributed by atoms with E-state index in [1.807, 2.05) is 0 Å². The summed E-state index contributed by atoms with van der Waals surface area (Å²) in [7, 11) is 1.78. The lowest BCUT2D eigenvalue weighted by molar-refractivity contribution is 0.0950. The number of hydrogen-bond acceptors (Lipinski definition) is 3. The maximum atomic E-state index is 11.4. The van der Waals surface area contributed by atoms with Crippen LogP contribution in [0.3, 0.4) is 0 Å². The lowest BCUT2D eigenvalue weighted by Gasteiger charge is -1.98. The van der Waals surface area contributed by atoms with E-state index in [0.717, 1.165) is 6.61 Å². The van der Waals surface area contributed by atoms with E-state index < -0.39 is 0 Å². The quantitative estimate of drug-likeness (QED) is 0.642. The number of carbonyl (C=O) groups excluding carboxylic acids is 1. The molecule has 1 fully saturated rings. The summed E-state index contributed by atoms with van der Waals surface area (Å²) in [4.78, 5) is 11.4. The molecule has 1 aliphatic heterocycles. The first-order valence-electron chi connectivity index (χ1n) is 4.14. The number of rotatable bonds is 3. The number of nitrogens with zero attached hydrogens (tertiary/aromatic N) is 2. The Morgan fingerprint density at radius 2 is 2.69 bits per heavy atom. The van der Waals surface area contributed by atoms with Crippen molar-refractivity contribution in [2.75, 3.05) is 13.2 Å². The predicted molar refractivity (Wildman–Crippen MR) is 45.3 cm³/mol. The lowest BCUT2D eigenvalue weighted by atomic mass is 10.3. The van der Waals surface area contributed by atoms with Crippen LogP contribution in [0.2, 0.25) is 0 Å². The molecule has 0 saturated carbocycles. The van der Waals surface area contributed by atoms with Gasteiger partial charge in [0.05, 0.1) is 24.5 Å². The number of carbonyl (C=O) groups is 1. The van der Waals surface area contributed by atoms with Gasteiger partial charge in [-0.2, -0.15) is 5.10 Å². The van der Waals surface area contributed by atoms with E-state index in [1.54, 1.807) is 24.1 Å². The normalized spacial score (nSPS) is 19.9. The van der Waals surface area contributed by atoms with Crippen molar-refractivity contribution in [3.63, 3.8) is 0 Å². The maximum Gasteiger partial charge on any atom is 0.254 e. The van der Waals surface area contributed by atoms with Crippen LogP contribution < -0.4 is 5.32 Å². The predicted octanol–water partition coefficient (Wildman–Crippen LogP) is -0.451. The fourth-order valence-corrected chi connectivity index (χ4v) is 1.03. The van der Waals surface area contributed by atoms with Gasteiger partial charge in [-0.05, 0) is 0 Å². The average molecular weight is 181 g/mol. The minimum Gasteiger partial charge on any atom is -0.371 e. The smallest absolute Gasteiger partial charge is 0.254 e. The highest BCUT2D eigenvalue weighted by atomic mass is 16.6. The Morgan fingerprint density at radius 3 is 3.23 bits per heavy atom. The fraction of sp³-hybridized carbons (Fsp3) is 0.500. The van der Waals surface area contributed by atoms with E-state index in [0.29, 0.717) is 12.1 Å². The van der Waals surface area contributed by atoms with Gasteiger partial charge in [0, 0.05) is 19.8 Å². The highest BCUT2D eigenvalue weighted by Gasteiger charge is 2.23. The van der Waals surface area contributed by atoms with Crippen molar-refractivity contribution in [3.8, 4) is 0 Å². The average Bonchev–Trinajstić information content (AvgIpc) is 2.84. The van der Waals surface area contributed by atoms with Gasteiger partial charge < -0.3 is 10.1 Å². The van der Waals surface area contributed by atoms with Gasteiger partial charge in [0.2, 0.25) is 0 Å². The summed E-state index contributed by atoms with van der Waals surface area (Å²) in [5.41, 5.74) is 0.586. The van der Waals surface area contributed by atoms with Gasteiger partial charge in [0.25, 0.3) is 5.91 Å². The SMILES string of the molecule is Cn1cc(C(=O)NC[C@@H]2CO2)cn1. The zero-order valence-corrected chi connectivity index (χ0v) is 7.36. The molecule has 0 radical (unpaired) electrons. The summed E-state index contributed by atoms with van der Waals surface area (Å²) < 4.78 is 6.56. The Hall–Kier alpha value is -1.36. The van der Waals surface area contributed by atoms with Crippen molar-refractivity contribution in [2.45, 2.75) is 6.10 Å². The Morgan fingerprint density at radius 1 is 1.92 bits per heavy atom. The molecular formula is C8H11N3O2. The molecule has 5 nitrogen and oxygen atoms in total. The van der Waals surface area contributed by atoms with Gasteiger partial charge in [-0.3, -0.25) is 9.48 Å². The highest BCUT2D eigenvalue weighted by Crippen LogP contribution is 2.06. The topological polar surface area (TPSA) is 59.5 Å². The Bertz CT molecular complexity index is 317. The van der Waals surface area contributed by atoms with E-state index in [-0.39, 0.29) is 12.0 Å². The molecule has 1 N–H and O–H groups in total. The Balaban J connectivity index is 1.88. The molecule has 1 saturated heterocycles. The summed E-state index contributed by atoms with van der Waals surface area (Å²) in [5.74, 6) is -0.0939. The number of hydrogen-bond donors (Lipinski definition) is 1. The molecule has 0 spiro atoms. The fourth-order valence-electron chi connectivity index (χ4n) is 1.03. The van der Waals surface area contributed by atoms with Crippen LogP contribution >= 0.6 is 0 Å². The molecule has 0 bridgehead atoms. The summed E-state index contributed by atoms with van der Waals surface area (Å²) in [5, 5.41) is 6.66. The van der Waals surface area contributed by atoms with Crippen LogP contribution in [0, 0.1) is 0 Å². The molecule has 1 aliphatic rings. The second kappa shape index (κ2) is 3.18. The van der Waals surface area contributed by atoms with Gasteiger partial charge in [-0.1, -0.05) is 0 Å². The van der Waals surface area contributed by atoms with Gasteiger partial charge in [-0.15, -0.1) is 0 Å². The van der Waals surface area contributed by atoms with Crippen molar-refractivity contribution in [1.82, 2.24) is 15.1 Å². The molecule has 2 rings (SSSR count). The number of nitrogens with one attached hydrogen (secondary N) is 1. The van der Waals surface area contributed by atoms with Crippen molar-refractivity contribution in [3.05, 3.63) is 18.0 Å². The lowest BCUT2D eigenvalue weighted by Crippen LogP contribution is -2.27. The van der Waals surface area contributed by atoms with Gasteiger partial charge in [0.1, 0.15) is 0 Å². The van der Waals surface area contributed by atoms with Crippen LogP contribution in [0.1, 0.15) is 10.4 Å². The first-order valence-corrected chi connectivity index (χ1v) is 4.14. The third-order valence-electron chi connectivity index (χ3n) is 1.86. The molecular weight excluding hydrogens is 170 g/mol. The minimum atomic E-state index is -0.0939. The first-order chi connectivity index (χ1) is 6.25. The number of aromatic nitrogens is 2. The van der Waals surface area contributed by atoms with Crippen LogP contribution in [-0.2, 0) is 11.8 Å². The van der Waals surface area contributed by atoms with Crippen molar-refractivity contribution >= 4 is 5.91 Å². The molecule has 1 atom stereocenters.